The number of benzene rings is 2. The van der Waals surface area contributed by atoms with E-state index in [4.69, 9.17) is 21.1 Å². The van der Waals surface area contributed by atoms with Crippen LogP contribution in [0.15, 0.2) is 35.2 Å². The Balaban J connectivity index is 1.91. The standard InChI is InChI=1S/C20H23ClN2O5S/c1-4-23(5-2)29(25,26)19-10-14(7-6-13(19)3)20(24)22-16-12-18-17(11-15(16)21)27-8-9-28-18/h6-7,10-12H,4-5,8-9H2,1-3H3,(H,22,24). The normalized spacial score (nSPS) is 13.4. The molecule has 0 fully saturated rings. The van der Waals surface area contributed by atoms with Crippen molar-refractivity contribution in [3.63, 3.8) is 0 Å². The van der Waals surface area contributed by atoms with E-state index >= 15 is 0 Å². The Morgan fingerprint density at radius 1 is 1.10 bits per heavy atom. The second kappa shape index (κ2) is 8.61. The van der Waals surface area contributed by atoms with Gasteiger partial charge < -0.3 is 14.8 Å². The van der Waals surface area contributed by atoms with E-state index in [2.05, 4.69) is 5.32 Å². The minimum atomic E-state index is -3.69. The zero-order valence-corrected chi connectivity index (χ0v) is 18.1. The molecule has 7 nitrogen and oxygen atoms in total. The molecule has 1 N–H and O–H groups in total. The number of fused-ring (bicyclic) bond motifs is 1. The third kappa shape index (κ3) is 4.34. The predicted molar refractivity (Wildman–Crippen MR) is 112 cm³/mol. The molecule has 1 aliphatic rings. The Hall–Kier alpha value is -2.29. The van der Waals surface area contributed by atoms with Crippen LogP contribution in [0.5, 0.6) is 11.5 Å². The van der Waals surface area contributed by atoms with Crippen LogP contribution in [0.25, 0.3) is 0 Å². The fourth-order valence-corrected chi connectivity index (χ4v) is 4.99. The summed E-state index contributed by atoms with van der Waals surface area (Å²) in [6.45, 7) is 6.79. The molecule has 1 heterocycles. The van der Waals surface area contributed by atoms with Crippen molar-refractivity contribution in [1.82, 2.24) is 4.31 Å². The van der Waals surface area contributed by atoms with Crippen molar-refractivity contribution >= 4 is 33.2 Å². The second-order valence-corrected chi connectivity index (χ2v) is 8.81. The predicted octanol–water partition coefficient (Wildman–Crippen LogP) is 3.70. The number of amides is 1. The summed E-state index contributed by atoms with van der Waals surface area (Å²) in [5, 5.41) is 3.01. The third-order valence-corrected chi connectivity index (χ3v) is 7.16. The van der Waals surface area contributed by atoms with E-state index in [0.717, 1.165) is 0 Å². The molecule has 0 saturated carbocycles. The number of sulfonamides is 1. The highest BCUT2D eigenvalue weighted by atomic mass is 35.5. The number of nitrogens with zero attached hydrogens (tertiary/aromatic N) is 1. The van der Waals surface area contributed by atoms with Gasteiger partial charge in [-0.3, -0.25) is 4.79 Å². The lowest BCUT2D eigenvalue weighted by atomic mass is 10.1. The Labute approximate surface area is 175 Å². The minimum Gasteiger partial charge on any atom is -0.486 e. The van der Waals surface area contributed by atoms with Crippen molar-refractivity contribution in [3.8, 4) is 11.5 Å². The summed E-state index contributed by atoms with van der Waals surface area (Å²) in [6, 6.07) is 7.77. The Morgan fingerprint density at radius 3 is 2.34 bits per heavy atom. The van der Waals surface area contributed by atoms with Crippen LogP contribution in [-0.2, 0) is 10.0 Å². The molecular formula is C20H23ClN2O5S. The highest BCUT2D eigenvalue weighted by molar-refractivity contribution is 7.89. The first-order chi connectivity index (χ1) is 13.8. The van der Waals surface area contributed by atoms with Gasteiger partial charge in [-0.25, -0.2) is 8.42 Å². The number of anilines is 1. The van der Waals surface area contributed by atoms with Crippen molar-refractivity contribution in [2.24, 2.45) is 0 Å². The van der Waals surface area contributed by atoms with Crippen LogP contribution in [-0.4, -0.2) is 44.9 Å². The lowest BCUT2D eigenvalue weighted by Crippen LogP contribution is -2.31. The number of carbonyl (C=O) groups excluding carboxylic acids is 1. The van der Waals surface area contributed by atoms with Gasteiger partial charge in [0, 0.05) is 30.8 Å². The molecule has 0 radical (unpaired) electrons. The van der Waals surface area contributed by atoms with Gasteiger partial charge in [0.15, 0.2) is 11.5 Å². The molecule has 0 aromatic heterocycles. The lowest BCUT2D eigenvalue weighted by Gasteiger charge is -2.21. The topological polar surface area (TPSA) is 84.9 Å². The van der Waals surface area contributed by atoms with E-state index in [0.29, 0.717) is 54.1 Å². The van der Waals surface area contributed by atoms with Crippen LogP contribution >= 0.6 is 11.6 Å². The molecule has 0 spiro atoms. The van der Waals surface area contributed by atoms with E-state index in [1.807, 2.05) is 0 Å². The highest BCUT2D eigenvalue weighted by Crippen LogP contribution is 2.38. The quantitative estimate of drug-likeness (QED) is 0.743. The zero-order chi connectivity index (χ0) is 21.2. The van der Waals surface area contributed by atoms with Crippen LogP contribution in [0.4, 0.5) is 5.69 Å². The molecule has 1 amide bonds. The average molecular weight is 439 g/mol. The molecule has 0 saturated heterocycles. The molecule has 9 heteroatoms. The maximum Gasteiger partial charge on any atom is 0.255 e. The zero-order valence-electron chi connectivity index (χ0n) is 16.5. The summed E-state index contributed by atoms with van der Waals surface area (Å²) < 4.78 is 38.1. The monoisotopic (exact) mass is 438 g/mol. The van der Waals surface area contributed by atoms with Gasteiger partial charge in [-0.2, -0.15) is 4.31 Å². The first-order valence-electron chi connectivity index (χ1n) is 9.29. The SMILES string of the molecule is CCN(CC)S(=O)(=O)c1cc(C(=O)Nc2cc3c(cc2Cl)OCCO3)ccc1C. The van der Waals surface area contributed by atoms with E-state index in [-0.39, 0.29) is 10.5 Å². The minimum absolute atomic E-state index is 0.113. The van der Waals surface area contributed by atoms with Crippen molar-refractivity contribution in [1.29, 1.82) is 0 Å². The van der Waals surface area contributed by atoms with E-state index < -0.39 is 15.9 Å². The molecule has 2 aromatic rings. The molecule has 3 rings (SSSR count). The first-order valence-corrected chi connectivity index (χ1v) is 11.1. The molecule has 0 unspecified atom stereocenters. The summed E-state index contributed by atoms with van der Waals surface area (Å²) in [5.74, 6) is 0.534. The molecule has 1 aliphatic heterocycles. The number of carbonyl (C=O) groups is 1. The van der Waals surface area contributed by atoms with Gasteiger partial charge in [0.2, 0.25) is 10.0 Å². The van der Waals surface area contributed by atoms with Crippen molar-refractivity contribution in [2.75, 3.05) is 31.6 Å². The maximum absolute atomic E-state index is 12.9. The summed E-state index contributed by atoms with van der Waals surface area (Å²) in [6.07, 6.45) is 0. The maximum atomic E-state index is 12.9. The molecule has 0 atom stereocenters. The molecule has 0 bridgehead atoms. The van der Waals surface area contributed by atoms with Gasteiger partial charge in [-0.05, 0) is 24.6 Å². The number of hydrogen-bond acceptors (Lipinski definition) is 5. The Morgan fingerprint density at radius 2 is 1.72 bits per heavy atom. The van der Waals surface area contributed by atoms with Crippen LogP contribution in [0.1, 0.15) is 29.8 Å². The first kappa shape index (κ1) is 21.4. The third-order valence-electron chi connectivity index (χ3n) is 4.65. The van der Waals surface area contributed by atoms with E-state index in [9.17, 15) is 13.2 Å². The number of halogens is 1. The second-order valence-electron chi connectivity index (χ2n) is 6.50. The van der Waals surface area contributed by atoms with Crippen LogP contribution in [0, 0.1) is 6.92 Å². The van der Waals surface area contributed by atoms with Crippen molar-refractivity contribution < 1.29 is 22.7 Å². The molecule has 29 heavy (non-hydrogen) atoms. The van der Waals surface area contributed by atoms with Crippen LogP contribution in [0.2, 0.25) is 5.02 Å². The van der Waals surface area contributed by atoms with Gasteiger partial charge in [0.05, 0.1) is 15.6 Å². The van der Waals surface area contributed by atoms with Crippen molar-refractivity contribution in [3.05, 3.63) is 46.5 Å². The van der Waals surface area contributed by atoms with Crippen molar-refractivity contribution in [2.45, 2.75) is 25.7 Å². The summed E-state index contributed by atoms with van der Waals surface area (Å²) in [7, 11) is -3.69. The Kier molecular flexibility index (Phi) is 6.36. The van der Waals surface area contributed by atoms with Gasteiger partial charge >= 0.3 is 0 Å². The summed E-state index contributed by atoms with van der Waals surface area (Å²) in [4.78, 5) is 12.9. The molecular weight excluding hydrogens is 416 g/mol. The fraction of sp³-hybridized carbons (Fsp3) is 0.350. The summed E-state index contributed by atoms with van der Waals surface area (Å²) >= 11 is 6.25. The average Bonchev–Trinajstić information content (AvgIpc) is 2.69. The van der Waals surface area contributed by atoms with Crippen LogP contribution < -0.4 is 14.8 Å². The van der Waals surface area contributed by atoms with E-state index in [1.54, 1.807) is 45.0 Å². The van der Waals surface area contributed by atoms with Gasteiger partial charge in [-0.15, -0.1) is 0 Å². The molecule has 0 aliphatic carbocycles. The highest BCUT2D eigenvalue weighted by Gasteiger charge is 2.25. The van der Waals surface area contributed by atoms with Gasteiger partial charge in [0.25, 0.3) is 5.91 Å². The number of aryl methyl sites for hydroxylation is 1. The fourth-order valence-electron chi connectivity index (χ4n) is 3.08. The number of ether oxygens (including phenoxy) is 2. The number of nitrogens with one attached hydrogen (secondary N) is 1. The molecule has 156 valence electrons. The smallest absolute Gasteiger partial charge is 0.255 e. The van der Waals surface area contributed by atoms with E-state index in [1.165, 1.54) is 10.4 Å². The molecule has 2 aromatic carbocycles. The van der Waals surface area contributed by atoms with Gasteiger partial charge in [0.1, 0.15) is 13.2 Å². The number of hydrogen-bond donors (Lipinski definition) is 1. The van der Waals surface area contributed by atoms with Gasteiger partial charge in [-0.1, -0.05) is 31.5 Å². The largest absolute Gasteiger partial charge is 0.486 e. The lowest BCUT2D eigenvalue weighted by molar-refractivity contribution is 0.102. The Bertz CT molecular complexity index is 1040. The van der Waals surface area contributed by atoms with Crippen LogP contribution in [0.3, 0.4) is 0 Å². The summed E-state index contributed by atoms with van der Waals surface area (Å²) in [5.41, 5.74) is 1.15. The number of rotatable bonds is 6.